The van der Waals surface area contributed by atoms with E-state index in [1.54, 1.807) is 49.8 Å². The second kappa shape index (κ2) is 21.8. The van der Waals surface area contributed by atoms with Gasteiger partial charge in [-0.15, -0.1) is 11.3 Å². The van der Waals surface area contributed by atoms with Crippen LogP contribution in [0.5, 0.6) is 5.75 Å². The number of alkyl carbamates (subject to hydrolysis) is 1. The fourth-order valence-electron chi connectivity index (χ4n) is 7.30. The molecule has 2 heterocycles. The van der Waals surface area contributed by atoms with Gasteiger partial charge in [-0.1, -0.05) is 57.5 Å². The maximum Gasteiger partial charge on any atom is 0.407 e. The molecule has 0 aliphatic carbocycles. The molecule has 16 heteroatoms. The Labute approximate surface area is 368 Å². The summed E-state index contributed by atoms with van der Waals surface area (Å²) in [5, 5.41) is 19.2. The average Bonchev–Trinajstić information content (AvgIpc) is 3.79. The molecule has 2 aromatic carbocycles. The molecular formula is C46H65FN6O8S. The molecule has 14 nitrogen and oxygen atoms in total. The third-order valence-corrected chi connectivity index (χ3v) is 11.5. The molecular weight excluding hydrogens is 816 g/mol. The number of aryl methyl sites for hydroxylation is 3. The summed E-state index contributed by atoms with van der Waals surface area (Å²) in [6.45, 7) is 16.2. The van der Waals surface area contributed by atoms with Crippen LogP contribution in [0.25, 0.3) is 10.4 Å². The largest absolute Gasteiger partial charge is 0.488 e. The van der Waals surface area contributed by atoms with Gasteiger partial charge in [0.2, 0.25) is 23.6 Å². The number of rotatable bonds is 19. The number of unbranched alkanes of at least 4 members (excludes halogenated alkanes) is 2. The molecule has 0 bridgehead atoms. The van der Waals surface area contributed by atoms with E-state index in [1.807, 2.05) is 65.8 Å². The van der Waals surface area contributed by atoms with Gasteiger partial charge in [-0.2, -0.15) is 0 Å². The standard InChI is InChI=1S/C46H65FN6O8S/c1-27-21-32(39(47)36(22-27)60-25-33(19-20-37(48)55)51-44(59)61-46(7,8)9)13-11-10-12-14-38(56)52-41(45(4,5)6)43(58)53-24-34(54)23-35(53)42(57)50-28(2)30-15-17-31(18-16-30)40-29(3)49-26-62-40/h15-18,21-22,26,28,33-35,41,54H,10-14,19-20,23-25H2,1-9H3,(H2,48,55)(H,50,57)(H,51,59)(H,52,56)/t28-,33-,34+,35-,41+/m0/s1. The fourth-order valence-corrected chi connectivity index (χ4v) is 8.11. The Bertz CT molecular complexity index is 2030. The Morgan fingerprint density at radius 2 is 1.68 bits per heavy atom. The summed E-state index contributed by atoms with van der Waals surface area (Å²) in [5.74, 6) is -2.21. The average molecular weight is 881 g/mol. The minimum atomic E-state index is -0.953. The number of hydrogen-bond donors (Lipinski definition) is 5. The number of aliphatic hydroxyl groups is 1. The number of amides is 5. The van der Waals surface area contributed by atoms with Crippen molar-refractivity contribution in [3.05, 3.63) is 70.1 Å². The van der Waals surface area contributed by atoms with Gasteiger partial charge in [-0.3, -0.25) is 19.2 Å². The lowest BCUT2D eigenvalue weighted by atomic mass is 9.85. The van der Waals surface area contributed by atoms with E-state index in [2.05, 4.69) is 20.9 Å². The molecule has 6 N–H and O–H groups in total. The van der Waals surface area contributed by atoms with Crippen molar-refractivity contribution < 1.29 is 42.9 Å². The maximum atomic E-state index is 15.7. The number of benzene rings is 2. The van der Waals surface area contributed by atoms with E-state index in [0.29, 0.717) is 31.2 Å². The number of aromatic nitrogens is 1. The number of thiazole rings is 1. The third kappa shape index (κ3) is 14.8. The van der Waals surface area contributed by atoms with Gasteiger partial charge in [-0.05, 0) is 101 Å². The minimum absolute atomic E-state index is 0.00999. The number of β-amino-alcohol motifs (C(OH)–C–C–N with tert-alkyl or cyclic N) is 1. The van der Waals surface area contributed by atoms with E-state index in [0.717, 1.165) is 27.3 Å². The van der Waals surface area contributed by atoms with Crippen molar-refractivity contribution in [2.45, 2.75) is 150 Å². The van der Waals surface area contributed by atoms with Crippen LogP contribution >= 0.6 is 11.3 Å². The molecule has 1 aliphatic rings. The van der Waals surface area contributed by atoms with E-state index in [-0.39, 0.29) is 62.4 Å². The summed E-state index contributed by atoms with van der Waals surface area (Å²) in [5.41, 5.74) is 9.77. The fraction of sp³-hybridized carbons (Fsp3) is 0.565. The lowest BCUT2D eigenvalue weighted by Crippen LogP contribution is -2.57. The number of primary amides is 1. The third-order valence-electron chi connectivity index (χ3n) is 10.6. The van der Waals surface area contributed by atoms with Crippen LogP contribution in [-0.2, 0) is 30.3 Å². The quantitative estimate of drug-likeness (QED) is 0.0825. The van der Waals surface area contributed by atoms with Gasteiger partial charge in [-0.25, -0.2) is 14.2 Å². The van der Waals surface area contributed by atoms with Gasteiger partial charge in [0.25, 0.3) is 0 Å². The first kappa shape index (κ1) is 49.6. The first-order chi connectivity index (χ1) is 29.0. The molecule has 3 aromatic rings. The van der Waals surface area contributed by atoms with Gasteiger partial charge in [0.1, 0.15) is 24.3 Å². The molecule has 4 rings (SSSR count). The molecule has 0 saturated carbocycles. The SMILES string of the molecule is Cc1cc(CCCCCC(=O)N[C@H](C(=O)N2C[C@H](O)C[C@H]2C(=O)N[C@@H](C)c2ccc(-c3scnc3C)cc2)C(C)(C)C)c(F)c(OC[C@H](CCC(N)=O)NC(=O)OC(C)(C)C)c1. The molecule has 62 heavy (non-hydrogen) atoms. The van der Waals surface area contributed by atoms with Gasteiger partial charge in [0.05, 0.1) is 34.3 Å². The van der Waals surface area contributed by atoms with Crippen molar-refractivity contribution in [3.8, 4) is 16.2 Å². The Morgan fingerprint density at radius 1 is 0.984 bits per heavy atom. The highest BCUT2D eigenvalue weighted by Gasteiger charge is 2.44. The molecule has 1 aromatic heterocycles. The van der Waals surface area contributed by atoms with Crippen LogP contribution in [0, 0.1) is 25.1 Å². The number of halogens is 1. The summed E-state index contributed by atoms with van der Waals surface area (Å²) in [4.78, 5) is 71.7. The van der Waals surface area contributed by atoms with Crippen molar-refractivity contribution in [1.82, 2.24) is 25.8 Å². The number of nitrogens with zero attached hydrogens (tertiary/aromatic N) is 2. The van der Waals surface area contributed by atoms with E-state index >= 15 is 4.39 Å². The highest BCUT2D eigenvalue weighted by Crippen LogP contribution is 2.30. The van der Waals surface area contributed by atoms with Crippen LogP contribution in [0.2, 0.25) is 0 Å². The predicted octanol–water partition coefficient (Wildman–Crippen LogP) is 6.58. The van der Waals surface area contributed by atoms with Crippen LogP contribution in [-0.4, -0.2) is 87.7 Å². The van der Waals surface area contributed by atoms with Crippen LogP contribution < -0.4 is 26.4 Å². The van der Waals surface area contributed by atoms with Crippen LogP contribution in [0.3, 0.4) is 0 Å². The number of nitrogens with two attached hydrogens (primary N) is 1. The van der Waals surface area contributed by atoms with E-state index in [9.17, 15) is 29.1 Å². The summed E-state index contributed by atoms with van der Waals surface area (Å²) in [7, 11) is 0. The molecule has 340 valence electrons. The van der Waals surface area contributed by atoms with Crippen molar-refractivity contribution >= 4 is 41.1 Å². The van der Waals surface area contributed by atoms with Crippen molar-refractivity contribution in [1.29, 1.82) is 0 Å². The normalized spacial score (nSPS) is 16.9. The van der Waals surface area contributed by atoms with Crippen LogP contribution in [0.15, 0.2) is 41.9 Å². The summed E-state index contributed by atoms with van der Waals surface area (Å²) < 4.78 is 26.8. The lowest BCUT2D eigenvalue weighted by Gasteiger charge is -2.35. The zero-order chi connectivity index (χ0) is 45.9. The summed E-state index contributed by atoms with van der Waals surface area (Å²) >= 11 is 1.56. The number of carbonyl (C=O) groups excluding carboxylic acids is 5. The van der Waals surface area contributed by atoms with Crippen molar-refractivity contribution in [2.24, 2.45) is 11.1 Å². The van der Waals surface area contributed by atoms with Gasteiger partial charge < -0.3 is 41.2 Å². The Kier molecular flexibility index (Phi) is 17.4. The van der Waals surface area contributed by atoms with Crippen molar-refractivity contribution in [2.75, 3.05) is 13.2 Å². The highest BCUT2D eigenvalue weighted by molar-refractivity contribution is 7.13. The van der Waals surface area contributed by atoms with Crippen LogP contribution in [0.1, 0.15) is 122 Å². The minimum Gasteiger partial charge on any atom is -0.488 e. The number of aliphatic hydroxyl groups excluding tert-OH is 1. The zero-order valence-electron chi connectivity index (χ0n) is 37.6. The molecule has 0 radical (unpaired) electrons. The Hall–Kier alpha value is -5.09. The van der Waals surface area contributed by atoms with Gasteiger partial charge in [0, 0.05) is 25.8 Å². The molecule has 1 aliphatic heterocycles. The molecule has 5 amide bonds. The lowest BCUT2D eigenvalue weighted by molar-refractivity contribution is -0.144. The van der Waals surface area contributed by atoms with Gasteiger partial charge >= 0.3 is 6.09 Å². The Morgan fingerprint density at radius 3 is 2.29 bits per heavy atom. The first-order valence-electron chi connectivity index (χ1n) is 21.3. The number of ether oxygens (including phenoxy) is 2. The van der Waals surface area contributed by atoms with E-state index in [1.165, 1.54) is 4.90 Å². The maximum absolute atomic E-state index is 15.7. The predicted molar refractivity (Wildman–Crippen MR) is 237 cm³/mol. The van der Waals surface area contributed by atoms with E-state index in [4.69, 9.17) is 15.2 Å². The number of likely N-dealkylation sites (tertiary alicyclic amines) is 1. The summed E-state index contributed by atoms with van der Waals surface area (Å²) in [6.07, 6.45) is 0.844. The summed E-state index contributed by atoms with van der Waals surface area (Å²) in [6, 6.07) is 8.31. The van der Waals surface area contributed by atoms with E-state index < -0.39 is 59.0 Å². The number of carbonyl (C=O) groups is 5. The molecule has 0 unspecified atom stereocenters. The van der Waals surface area contributed by atoms with Crippen molar-refractivity contribution in [3.63, 3.8) is 0 Å². The number of nitrogens with one attached hydrogen (secondary N) is 3. The molecule has 1 fully saturated rings. The zero-order valence-corrected chi connectivity index (χ0v) is 38.4. The van der Waals surface area contributed by atoms with Gasteiger partial charge in [0.15, 0.2) is 11.6 Å². The smallest absolute Gasteiger partial charge is 0.407 e. The van der Waals surface area contributed by atoms with Crippen LogP contribution in [0.4, 0.5) is 9.18 Å². The topological polar surface area (TPSA) is 202 Å². The highest BCUT2D eigenvalue weighted by atomic mass is 32.1. The molecule has 0 spiro atoms. The number of hydrogen-bond acceptors (Lipinski definition) is 10. The first-order valence-corrected chi connectivity index (χ1v) is 22.2. The molecule has 5 atom stereocenters. The monoisotopic (exact) mass is 880 g/mol. The Balaban J connectivity index is 1.29. The molecule has 1 saturated heterocycles. The second-order valence-corrected chi connectivity index (χ2v) is 19.2. The second-order valence-electron chi connectivity index (χ2n) is 18.3.